The zero-order valence-corrected chi connectivity index (χ0v) is 13.3. The molecule has 1 aromatic carbocycles. The van der Waals surface area contributed by atoms with Crippen LogP contribution in [-0.2, 0) is 0 Å². The Hall–Kier alpha value is -2.81. The largest absolute Gasteiger partial charge is 0.506 e. The normalized spacial score (nSPS) is 14.7. The maximum atomic E-state index is 9.97. The van der Waals surface area contributed by atoms with E-state index < -0.39 is 0 Å². The number of phenolic OH excluding ortho intramolecular Hbond substituents is 1. The highest BCUT2D eigenvalue weighted by molar-refractivity contribution is 5.61. The van der Waals surface area contributed by atoms with Gasteiger partial charge in [-0.15, -0.1) is 5.10 Å². The molecule has 6 heteroatoms. The molecule has 0 radical (unpaired) electrons. The maximum Gasteiger partial charge on any atom is 0.169 e. The maximum absolute atomic E-state index is 9.97. The molecule has 2 aromatic rings. The van der Waals surface area contributed by atoms with Crippen molar-refractivity contribution in [3.8, 4) is 11.8 Å². The van der Waals surface area contributed by atoms with Crippen molar-refractivity contribution < 1.29 is 5.11 Å². The Kier molecular flexibility index (Phi) is 4.02. The Morgan fingerprint density at radius 2 is 1.70 bits per heavy atom. The standard InChI is InChI=1S/C17H19N5O/c1-12-13(2)19-20-17(14(12)11-18)22-9-7-21(8-10-22)15-5-3-4-6-16(15)23/h3-6,23H,7-10H2,1-2H3. The minimum Gasteiger partial charge on any atom is -0.506 e. The minimum absolute atomic E-state index is 0.296. The second-order valence-corrected chi connectivity index (χ2v) is 5.68. The van der Waals surface area contributed by atoms with Gasteiger partial charge in [-0.3, -0.25) is 0 Å². The summed E-state index contributed by atoms with van der Waals surface area (Å²) in [5, 5.41) is 27.8. The minimum atomic E-state index is 0.296. The third-order valence-electron chi connectivity index (χ3n) is 4.35. The summed E-state index contributed by atoms with van der Waals surface area (Å²) in [5.74, 6) is 0.956. The van der Waals surface area contributed by atoms with Crippen LogP contribution in [-0.4, -0.2) is 41.5 Å². The fraction of sp³-hybridized carbons (Fsp3) is 0.353. The summed E-state index contributed by atoms with van der Waals surface area (Å²) in [6.45, 7) is 6.77. The molecule has 1 aliphatic heterocycles. The molecular weight excluding hydrogens is 290 g/mol. The van der Waals surface area contributed by atoms with Crippen LogP contribution in [0.5, 0.6) is 5.75 Å². The number of piperazine rings is 1. The Labute approximate surface area is 135 Å². The first-order valence-corrected chi connectivity index (χ1v) is 7.63. The topological polar surface area (TPSA) is 76.3 Å². The van der Waals surface area contributed by atoms with E-state index in [-0.39, 0.29) is 0 Å². The summed E-state index contributed by atoms with van der Waals surface area (Å²) in [6.07, 6.45) is 0. The number of rotatable bonds is 2. The van der Waals surface area contributed by atoms with Crippen molar-refractivity contribution in [1.82, 2.24) is 10.2 Å². The molecule has 1 aromatic heterocycles. The van der Waals surface area contributed by atoms with Gasteiger partial charge in [0.05, 0.1) is 11.4 Å². The van der Waals surface area contributed by atoms with Crippen LogP contribution in [0.25, 0.3) is 0 Å². The van der Waals surface area contributed by atoms with Crippen LogP contribution in [0.3, 0.4) is 0 Å². The number of benzene rings is 1. The molecule has 1 N–H and O–H groups in total. The summed E-state index contributed by atoms with van der Waals surface area (Å²) >= 11 is 0. The first kappa shape index (κ1) is 15.1. The van der Waals surface area contributed by atoms with Crippen LogP contribution in [0.2, 0.25) is 0 Å². The third kappa shape index (κ3) is 2.78. The molecule has 0 bridgehead atoms. The van der Waals surface area contributed by atoms with E-state index in [0.717, 1.165) is 43.1 Å². The van der Waals surface area contributed by atoms with Crippen LogP contribution in [0.1, 0.15) is 16.8 Å². The van der Waals surface area contributed by atoms with Gasteiger partial charge in [0, 0.05) is 26.2 Å². The summed E-state index contributed by atoms with van der Waals surface area (Å²) in [5.41, 5.74) is 3.13. The molecule has 23 heavy (non-hydrogen) atoms. The highest BCUT2D eigenvalue weighted by atomic mass is 16.3. The summed E-state index contributed by atoms with van der Waals surface area (Å²) in [6, 6.07) is 9.61. The number of aromatic nitrogens is 2. The predicted octanol–water partition coefficient (Wildman–Crippen LogP) is 2.00. The Bertz CT molecular complexity index is 760. The Morgan fingerprint density at radius 3 is 2.35 bits per heavy atom. The number of anilines is 2. The molecule has 2 heterocycles. The van der Waals surface area contributed by atoms with Crippen LogP contribution < -0.4 is 9.80 Å². The van der Waals surface area contributed by atoms with E-state index in [9.17, 15) is 10.4 Å². The van der Waals surface area contributed by atoms with E-state index in [4.69, 9.17) is 0 Å². The number of nitriles is 1. The average Bonchev–Trinajstić information content (AvgIpc) is 2.58. The number of hydrogen-bond donors (Lipinski definition) is 1. The van der Waals surface area contributed by atoms with Crippen LogP contribution >= 0.6 is 0 Å². The molecule has 0 spiro atoms. The average molecular weight is 309 g/mol. The molecule has 1 fully saturated rings. The monoisotopic (exact) mass is 309 g/mol. The number of para-hydroxylation sites is 2. The van der Waals surface area contributed by atoms with Gasteiger partial charge in [-0.1, -0.05) is 12.1 Å². The van der Waals surface area contributed by atoms with Crippen LogP contribution in [0.15, 0.2) is 24.3 Å². The molecule has 0 atom stereocenters. The van der Waals surface area contributed by atoms with Gasteiger partial charge in [-0.2, -0.15) is 10.4 Å². The molecule has 0 amide bonds. The number of phenols is 1. The van der Waals surface area contributed by atoms with E-state index in [0.29, 0.717) is 17.1 Å². The summed E-state index contributed by atoms with van der Waals surface area (Å²) in [4.78, 5) is 4.24. The fourth-order valence-corrected chi connectivity index (χ4v) is 2.84. The lowest BCUT2D eigenvalue weighted by Gasteiger charge is -2.37. The lowest BCUT2D eigenvalue weighted by molar-refractivity contribution is 0.472. The van der Waals surface area contributed by atoms with Gasteiger partial charge >= 0.3 is 0 Å². The highest BCUT2D eigenvalue weighted by Gasteiger charge is 2.23. The van der Waals surface area contributed by atoms with Crippen molar-refractivity contribution in [2.75, 3.05) is 36.0 Å². The van der Waals surface area contributed by atoms with E-state index in [1.807, 2.05) is 32.0 Å². The molecule has 0 unspecified atom stereocenters. The van der Waals surface area contributed by atoms with Crippen molar-refractivity contribution >= 4 is 11.5 Å². The van der Waals surface area contributed by atoms with Gasteiger partial charge in [0.15, 0.2) is 5.82 Å². The van der Waals surface area contributed by atoms with Gasteiger partial charge in [-0.25, -0.2) is 0 Å². The quantitative estimate of drug-likeness (QED) is 0.914. The molecule has 6 nitrogen and oxygen atoms in total. The van der Waals surface area contributed by atoms with Crippen molar-refractivity contribution in [2.24, 2.45) is 0 Å². The molecule has 0 aliphatic carbocycles. The molecule has 1 saturated heterocycles. The summed E-state index contributed by atoms with van der Waals surface area (Å²) in [7, 11) is 0. The van der Waals surface area contributed by atoms with E-state index in [1.165, 1.54) is 0 Å². The molecule has 0 saturated carbocycles. The first-order valence-electron chi connectivity index (χ1n) is 7.63. The van der Waals surface area contributed by atoms with Crippen LogP contribution in [0, 0.1) is 25.2 Å². The number of aryl methyl sites for hydroxylation is 1. The van der Waals surface area contributed by atoms with Gasteiger partial charge in [0.1, 0.15) is 17.4 Å². The molecule has 3 rings (SSSR count). The Balaban J connectivity index is 1.79. The van der Waals surface area contributed by atoms with Crippen molar-refractivity contribution in [2.45, 2.75) is 13.8 Å². The number of hydrogen-bond acceptors (Lipinski definition) is 6. The lowest BCUT2D eigenvalue weighted by atomic mass is 10.1. The predicted molar refractivity (Wildman–Crippen MR) is 88.8 cm³/mol. The van der Waals surface area contributed by atoms with Gasteiger partial charge in [-0.05, 0) is 31.5 Å². The Morgan fingerprint density at radius 1 is 1.04 bits per heavy atom. The van der Waals surface area contributed by atoms with Gasteiger partial charge in [0.2, 0.25) is 0 Å². The SMILES string of the molecule is Cc1nnc(N2CCN(c3ccccc3O)CC2)c(C#N)c1C. The molecule has 1 aliphatic rings. The highest BCUT2D eigenvalue weighted by Crippen LogP contribution is 2.29. The van der Waals surface area contributed by atoms with E-state index in [2.05, 4.69) is 26.1 Å². The molecular formula is C17H19N5O. The number of nitrogens with zero attached hydrogens (tertiary/aromatic N) is 5. The van der Waals surface area contributed by atoms with Crippen LogP contribution in [0.4, 0.5) is 11.5 Å². The summed E-state index contributed by atoms with van der Waals surface area (Å²) < 4.78 is 0. The van der Waals surface area contributed by atoms with Gasteiger partial charge in [0.25, 0.3) is 0 Å². The molecule has 118 valence electrons. The smallest absolute Gasteiger partial charge is 0.169 e. The third-order valence-corrected chi connectivity index (χ3v) is 4.35. The van der Waals surface area contributed by atoms with Crippen molar-refractivity contribution in [3.05, 3.63) is 41.1 Å². The zero-order valence-electron chi connectivity index (χ0n) is 13.3. The van der Waals surface area contributed by atoms with Gasteiger partial charge < -0.3 is 14.9 Å². The first-order chi connectivity index (χ1) is 11.1. The second-order valence-electron chi connectivity index (χ2n) is 5.68. The number of aromatic hydroxyl groups is 1. The fourth-order valence-electron chi connectivity index (χ4n) is 2.84. The van der Waals surface area contributed by atoms with Crippen molar-refractivity contribution in [1.29, 1.82) is 5.26 Å². The zero-order chi connectivity index (χ0) is 16.4. The van der Waals surface area contributed by atoms with E-state index >= 15 is 0 Å². The lowest BCUT2D eigenvalue weighted by Crippen LogP contribution is -2.47. The van der Waals surface area contributed by atoms with E-state index in [1.54, 1.807) is 6.07 Å². The van der Waals surface area contributed by atoms with Crippen molar-refractivity contribution in [3.63, 3.8) is 0 Å². The second kappa shape index (κ2) is 6.13.